The highest BCUT2D eigenvalue weighted by Crippen LogP contribution is 2.30. The van der Waals surface area contributed by atoms with E-state index in [0.29, 0.717) is 5.56 Å². The Morgan fingerprint density at radius 1 is 1.21 bits per heavy atom. The van der Waals surface area contributed by atoms with Gasteiger partial charge in [-0.1, -0.05) is 25.1 Å². The van der Waals surface area contributed by atoms with Gasteiger partial charge in [-0.05, 0) is 49.4 Å². The Bertz CT molecular complexity index is 547. The van der Waals surface area contributed by atoms with Gasteiger partial charge in [0.2, 0.25) is 0 Å². The zero-order chi connectivity index (χ0) is 13.8. The third-order valence-electron chi connectivity index (χ3n) is 3.34. The molecule has 3 heteroatoms. The number of halogens is 1. The molecule has 0 aliphatic heterocycles. The topological polar surface area (TPSA) is 12.0 Å². The molecule has 0 aliphatic rings. The molecule has 0 fully saturated rings. The van der Waals surface area contributed by atoms with Crippen LogP contribution < -0.4 is 5.32 Å². The molecule has 1 nitrogen and oxygen atoms in total. The van der Waals surface area contributed by atoms with Gasteiger partial charge in [0.05, 0.1) is 6.04 Å². The van der Waals surface area contributed by atoms with Gasteiger partial charge in [-0.15, -0.1) is 11.3 Å². The lowest BCUT2D eigenvalue weighted by Crippen LogP contribution is -2.24. The second-order valence-electron chi connectivity index (χ2n) is 4.80. The van der Waals surface area contributed by atoms with Crippen LogP contribution in [0.25, 0.3) is 0 Å². The summed E-state index contributed by atoms with van der Waals surface area (Å²) in [5, 5.41) is 5.53. The van der Waals surface area contributed by atoms with E-state index in [-0.39, 0.29) is 11.9 Å². The largest absolute Gasteiger partial charge is 0.306 e. The molecule has 102 valence electrons. The minimum atomic E-state index is -0.0956. The first-order valence-electron chi connectivity index (χ1n) is 6.67. The summed E-state index contributed by atoms with van der Waals surface area (Å²) in [6, 6.07) is 7.67. The molecular weight excluding hydrogens is 257 g/mol. The van der Waals surface area contributed by atoms with Crippen molar-refractivity contribution < 1.29 is 4.39 Å². The number of nitrogens with one attached hydrogen (secondary N) is 1. The van der Waals surface area contributed by atoms with Crippen molar-refractivity contribution in [1.82, 2.24) is 5.32 Å². The van der Waals surface area contributed by atoms with Gasteiger partial charge in [-0.25, -0.2) is 4.39 Å². The van der Waals surface area contributed by atoms with Crippen LogP contribution in [0, 0.1) is 19.7 Å². The van der Waals surface area contributed by atoms with Crippen molar-refractivity contribution in [3.63, 3.8) is 0 Å². The minimum absolute atomic E-state index is 0.0499. The Labute approximate surface area is 118 Å². The average Bonchev–Trinajstić information content (AvgIpc) is 2.81. The summed E-state index contributed by atoms with van der Waals surface area (Å²) in [7, 11) is 0. The number of aryl methyl sites for hydroxylation is 2. The zero-order valence-corrected chi connectivity index (χ0v) is 12.5. The summed E-state index contributed by atoms with van der Waals surface area (Å²) in [6.45, 7) is 6.91. The molecule has 1 heterocycles. The fraction of sp³-hybridized carbons (Fsp3) is 0.375. The highest BCUT2D eigenvalue weighted by atomic mass is 32.1. The molecular formula is C16H20FNS. The third-order valence-corrected chi connectivity index (χ3v) is 4.20. The van der Waals surface area contributed by atoms with Gasteiger partial charge in [0, 0.05) is 10.4 Å². The first-order valence-corrected chi connectivity index (χ1v) is 7.55. The van der Waals surface area contributed by atoms with Gasteiger partial charge in [0.15, 0.2) is 0 Å². The molecule has 19 heavy (non-hydrogen) atoms. The molecule has 0 amide bonds. The smallest absolute Gasteiger partial charge is 0.131 e. The molecule has 1 aromatic carbocycles. The van der Waals surface area contributed by atoms with Gasteiger partial charge in [0.25, 0.3) is 0 Å². The van der Waals surface area contributed by atoms with Gasteiger partial charge < -0.3 is 5.32 Å². The van der Waals surface area contributed by atoms with Crippen LogP contribution in [-0.4, -0.2) is 6.54 Å². The summed E-state index contributed by atoms with van der Waals surface area (Å²) >= 11 is 1.71. The van der Waals surface area contributed by atoms with Crippen LogP contribution in [0.4, 0.5) is 4.39 Å². The van der Waals surface area contributed by atoms with Crippen LogP contribution >= 0.6 is 11.3 Å². The van der Waals surface area contributed by atoms with E-state index in [0.717, 1.165) is 18.5 Å². The normalized spacial score (nSPS) is 12.6. The third kappa shape index (κ3) is 3.04. The maximum absolute atomic E-state index is 14.4. The molecule has 0 saturated heterocycles. The molecule has 2 aromatic rings. The van der Waals surface area contributed by atoms with Gasteiger partial charge in [-0.2, -0.15) is 0 Å². The zero-order valence-electron chi connectivity index (χ0n) is 11.7. The van der Waals surface area contributed by atoms with Crippen LogP contribution in [0.15, 0.2) is 29.6 Å². The minimum Gasteiger partial charge on any atom is -0.306 e. The molecule has 0 spiro atoms. The standard InChI is InChI=1S/C16H20FNS/c1-4-9-18-16(13-8-10-19-12(13)3)14-7-5-6-11(2)15(14)17/h5-8,10,16,18H,4,9H2,1-3H3. The summed E-state index contributed by atoms with van der Waals surface area (Å²) in [5.41, 5.74) is 2.63. The monoisotopic (exact) mass is 277 g/mol. The van der Waals surface area contributed by atoms with Crippen molar-refractivity contribution in [2.75, 3.05) is 6.54 Å². The Hall–Kier alpha value is -1.19. The average molecular weight is 277 g/mol. The maximum Gasteiger partial charge on any atom is 0.131 e. The fourth-order valence-corrected chi connectivity index (χ4v) is 3.00. The first kappa shape index (κ1) is 14.2. The van der Waals surface area contributed by atoms with E-state index < -0.39 is 0 Å². The van der Waals surface area contributed by atoms with Crippen molar-refractivity contribution in [2.45, 2.75) is 33.2 Å². The summed E-state index contributed by atoms with van der Waals surface area (Å²) in [6.07, 6.45) is 1.03. The maximum atomic E-state index is 14.4. The van der Waals surface area contributed by atoms with Crippen molar-refractivity contribution in [2.24, 2.45) is 0 Å². The van der Waals surface area contributed by atoms with Crippen LogP contribution in [0.2, 0.25) is 0 Å². The van der Waals surface area contributed by atoms with Crippen LogP contribution in [0.1, 0.15) is 41.0 Å². The Morgan fingerprint density at radius 2 is 2.00 bits per heavy atom. The molecule has 1 atom stereocenters. The van der Waals surface area contributed by atoms with Crippen molar-refractivity contribution in [3.8, 4) is 0 Å². The highest BCUT2D eigenvalue weighted by Gasteiger charge is 2.20. The van der Waals surface area contributed by atoms with E-state index in [1.54, 1.807) is 11.3 Å². The second kappa shape index (κ2) is 6.31. The van der Waals surface area contributed by atoms with E-state index >= 15 is 0 Å². The number of hydrogen-bond donors (Lipinski definition) is 1. The van der Waals surface area contributed by atoms with E-state index in [1.165, 1.54) is 10.4 Å². The molecule has 1 N–H and O–H groups in total. The first-order chi connectivity index (χ1) is 9.15. The quantitative estimate of drug-likeness (QED) is 0.842. The predicted molar refractivity (Wildman–Crippen MR) is 80.3 cm³/mol. The van der Waals surface area contributed by atoms with E-state index in [1.807, 2.05) is 25.1 Å². The Balaban J connectivity index is 2.43. The molecule has 0 saturated carbocycles. The van der Waals surface area contributed by atoms with Crippen LogP contribution in [-0.2, 0) is 0 Å². The summed E-state index contributed by atoms with van der Waals surface area (Å²) in [4.78, 5) is 1.24. The van der Waals surface area contributed by atoms with E-state index in [9.17, 15) is 4.39 Å². The molecule has 2 rings (SSSR count). The van der Waals surface area contributed by atoms with Crippen molar-refractivity contribution in [1.29, 1.82) is 0 Å². The lowest BCUT2D eigenvalue weighted by molar-refractivity contribution is 0.542. The molecule has 0 aliphatic carbocycles. The lowest BCUT2D eigenvalue weighted by atomic mass is 9.97. The van der Waals surface area contributed by atoms with E-state index in [2.05, 4.69) is 30.6 Å². The fourth-order valence-electron chi connectivity index (χ4n) is 2.26. The predicted octanol–water partition coefficient (Wildman–Crippen LogP) is 4.59. The Kier molecular flexibility index (Phi) is 4.72. The highest BCUT2D eigenvalue weighted by molar-refractivity contribution is 7.10. The van der Waals surface area contributed by atoms with Crippen LogP contribution in [0.5, 0.6) is 0 Å². The van der Waals surface area contributed by atoms with Crippen LogP contribution in [0.3, 0.4) is 0 Å². The van der Waals surface area contributed by atoms with Gasteiger partial charge in [0.1, 0.15) is 5.82 Å². The van der Waals surface area contributed by atoms with Crippen molar-refractivity contribution in [3.05, 3.63) is 57.0 Å². The second-order valence-corrected chi connectivity index (χ2v) is 5.92. The number of benzene rings is 1. The number of rotatable bonds is 5. The Morgan fingerprint density at radius 3 is 2.63 bits per heavy atom. The van der Waals surface area contributed by atoms with Gasteiger partial charge >= 0.3 is 0 Å². The molecule has 1 unspecified atom stereocenters. The van der Waals surface area contributed by atoms with E-state index in [4.69, 9.17) is 0 Å². The number of thiophene rings is 1. The van der Waals surface area contributed by atoms with Gasteiger partial charge in [-0.3, -0.25) is 0 Å². The molecule has 0 bridgehead atoms. The number of hydrogen-bond acceptors (Lipinski definition) is 2. The van der Waals surface area contributed by atoms with Crippen molar-refractivity contribution >= 4 is 11.3 Å². The summed E-state index contributed by atoms with van der Waals surface area (Å²) in [5.74, 6) is -0.0956. The summed E-state index contributed by atoms with van der Waals surface area (Å²) < 4.78 is 14.4. The molecule has 1 aromatic heterocycles. The SMILES string of the molecule is CCCNC(c1ccsc1C)c1cccc(C)c1F. The lowest BCUT2D eigenvalue weighted by Gasteiger charge is -2.20. The molecule has 0 radical (unpaired) electrons.